The molecular weight excluding hydrogens is 422 g/mol. The summed E-state index contributed by atoms with van der Waals surface area (Å²) in [6, 6.07) is 20.0. The molecular formula is C28H33N5O. The second-order valence-electron chi connectivity index (χ2n) is 8.82. The van der Waals surface area contributed by atoms with Gasteiger partial charge in [-0.1, -0.05) is 31.7 Å². The lowest BCUT2D eigenvalue weighted by Gasteiger charge is -2.32. The van der Waals surface area contributed by atoms with Crippen LogP contribution in [0.3, 0.4) is 0 Å². The summed E-state index contributed by atoms with van der Waals surface area (Å²) in [6.07, 6.45) is 4.62. The monoisotopic (exact) mass is 455 g/mol. The maximum Gasteiger partial charge on any atom is 0.255 e. The van der Waals surface area contributed by atoms with E-state index in [0.717, 1.165) is 55.9 Å². The molecule has 4 aromatic rings. The highest BCUT2D eigenvalue weighted by atomic mass is 16.1. The van der Waals surface area contributed by atoms with Gasteiger partial charge in [0.1, 0.15) is 5.65 Å². The van der Waals surface area contributed by atoms with E-state index < -0.39 is 0 Å². The van der Waals surface area contributed by atoms with Crippen LogP contribution in [0.25, 0.3) is 11.0 Å². The number of fused-ring (bicyclic) bond motifs is 1. The number of benzene rings is 2. The average molecular weight is 456 g/mol. The summed E-state index contributed by atoms with van der Waals surface area (Å²) in [4.78, 5) is 25.1. The molecule has 1 fully saturated rings. The summed E-state index contributed by atoms with van der Waals surface area (Å²) >= 11 is 0. The predicted octanol–water partition coefficient (Wildman–Crippen LogP) is 4.79. The lowest BCUT2D eigenvalue weighted by Crippen LogP contribution is -2.43. The van der Waals surface area contributed by atoms with Gasteiger partial charge in [0.05, 0.1) is 0 Å². The zero-order chi connectivity index (χ0) is 22.6. The number of carbonyl (C=O) groups is 1. The van der Waals surface area contributed by atoms with Crippen LogP contribution in [0.15, 0.2) is 73.1 Å². The molecule has 0 radical (unpaired) electrons. The summed E-state index contributed by atoms with van der Waals surface area (Å²) in [5.74, 6) is -0.0865. The van der Waals surface area contributed by atoms with Crippen LogP contribution in [0.5, 0.6) is 0 Å². The van der Waals surface area contributed by atoms with Crippen LogP contribution in [0.4, 0.5) is 5.69 Å². The Hall–Kier alpha value is -3.48. The van der Waals surface area contributed by atoms with Crippen molar-refractivity contribution in [1.82, 2.24) is 19.8 Å². The van der Waals surface area contributed by atoms with Gasteiger partial charge in [0.2, 0.25) is 0 Å². The van der Waals surface area contributed by atoms with Crippen LogP contribution in [-0.2, 0) is 13.0 Å². The molecule has 0 bridgehead atoms. The fourth-order valence-corrected chi connectivity index (χ4v) is 4.31. The number of pyridine rings is 1. The molecule has 0 spiro atoms. The number of hydrogen-bond donors (Lipinski definition) is 2. The Balaban J connectivity index is 0.00000274. The van der Waals surface area contributed by atoms with E-state index in [9.17, 15) is 4.79 Å². The SMILES string of the molecule is C.CN1CCN(Cc2ccc(C(=O)Nc3ccc(Cc4c[nH]c5ncccc45)cc3)cc2)CC1. The van der Waals surface area contributed by atoms with E-state index >= 15 is 0 Å². The molecule has 0 atom stereocenters. The Labute approximate surface area is 201 Å². The molecule has 6 heteroatoms. The summed E-state index contributed by atoms with van der Waals surface area (Å²) < 4.78 is 0. The molecule has 2 aromatic carbocycles. The number of aromatic amines is 1. The Bertz CT molecular complexity index is 1220. The lowest BCUT2D eigenvalue weighted by molar-refractivity contribution is 0.102. The van der Waals surface area contributed by atoms with Crippen LogP contribution in [-0.4, -0.2) is 58.9 Å². The number of aromatic nitrogens is 2. The summed E-state index contributed by atoms with van der Waals surface area (Å²) in [7, 11) is 2.17. The maximum atomic E-state index is 12.7. The van der Waals surface area contributed by atoms with E-state index in [1.165, 1.54) is 16.7 Å². The summed E-state index contributed by atoms with van der Waals surface area (Å²) in [6.45, 7) is 5.33. The molecule has 0 saturated carbocycles. The van der Waals surface area contributed by atoms with Crippen molar-refractivity contribution in [2.75, 3.05) is 38.5 Å². The van der Waals surface area contributed by atoms with E-state index in [4.69, 9.17) is 0 Å². The first kappa shape index (κ1) is 23.7. The molecule has 0 aliphatic carbocycles. The van der Waals surface area contributed by atoms with Crippen molar-refractivity contribution in [3.8, 4) is 0 Å². The normalized spacial score (nSPS) is 14.6. The van der Waals surface area contributed by atoms with Crippen LogP contribution < -0.4 is 5.32 Å². The predicted molar refractivity (Wildman–Crippen MR) is 139 cm³/mol. The molecule has 1 aliphatic rings. The number of likely N-dealkylation sites (N-methyl/N-ethyl adjacent to an activating group) is 1. The van der Waals surface area contributed by atoms with E-state index in [-0.39, 0.29) is 13.3 Å². The van der Waals surface area contributed by atoms with Gasteiger partial charge in [0, 0.05) is 61.8 Å². The van der Waals surface area contributed by atoms with Crippen molar-refractivity contribution >= 4 is 22.6 Å². The van der Waals surface area contributed by atoms with Crippen molar-refractivity contribution in [2.45, 2.75) is 20.4 Å². The molecule has 1 saturated heterocycles. The highest BCUT2D eigenvalue weighted by molar-refractivity contribution is 6.04. The van der Waals surface area contributed by atoms with Crippen LogP contribution >= 0.6 is 0 Å². The van der Waals surface area contributed by atoms with Crippen LogP contribution in [0, 0.1) is 0 Å². The Morgan fingerprint density at radius 1 is 0.971 bits per heavy atom. The number of nitrogens with one attached hydrogen (secondary N) is 2. The summed E-state index contributed by atoms with van der Waals surface area (Å²) in [5, 5.41) is 4.15. The Kier molecular flexibility index (Phi) is 7.40. The van der Waals surface area contributed by atoms with E-state index in [2.05, 4.69) is 62.5 Å². The largest absolute Gasteiger partial charge is 0.346 e. The fourth-order valence-electron chi connectivity index (χ4n) is 4.31. The molecule has 2 aromatic heterocycles. The molecule has 1 amide bonds. The van der Waals surface area contributed by atoms with Gasteiger partial charge >= 0.3 is 0 Å². The molecule has 5 rings (SSSR count). The number of amides is 1. The molecule has 176 valence electrons. The number of carbonyl (C=O) groups excluding carboxylic acids is 1. The zero-order valence-electron chi connectivity index (χ0n) is 18.9. The van der Waals surface area contributed by atoms with E-state index in [0.29, 0.717) is 5.56 Å². The zero-order valence-corrected chi connectivity index (χ0v) is 18.9. The summed E-state index contributed by atoms with van der Waals surface area (Å²) in [5.41, 5.74) is 6.02. The van der Waals surface area contributed by atoms with Crippen molar-refractivity contribution < 1.29 is 4.79 Å². The first-order valence-corrected chi connectivity index (χ1v) is 11.5. The topological polar surface area (TPSA) is 64.3 Å². The van der Waals surface area contributed by atoms with Crippen LogP contribution in [0.2, 0.25) is 0 Å². The Morgan fingerprint density at radius 3 is 2.41 bits per heavy atom. The van der Waals surface area contributed by atoms with Crippen molar-refractivity contribution in [3.63, 3.8) is 0 Å². The quantitative estimate of drug-likeness (QED) is 0.439. The first-order chi connectivity index (χ1) is 16.1. The van der Waals surface area contributed by atoms with E-state index in [1.807, 2.05) is 36.5 Å². The van der Waals surface area contributed by atoms with Gasteiger partial charge in [0.25, 0.3) is 5.91 Å². The third-order valence-corrected chi connectivity index (χ3v) is 6.36. The fraction of sp³-hybridized carbons (Fsp3) is 0.286. The second kappa shape index (κ2) is 10.6. The third-order valence-electron chi connectivity index (χ3n) is 6.36. The number of nitrogens with zero attached hydrogens (tertiary/aromatic N) is 3. The molecule has 1 aliphatic heterocycles. The van der Waals surface area contributed by atoms with Gasteiger partial charge in [-0.15, -0.1) is 0 Å². The smallest absolute Gasteiger partial charge is 0.255 e. The Morgan fingerprint density at radius 2 is 1.68 bits per heavy atom. The maximum absolute atomic E-state index is 12.7. The number of anilines is 1. The minimum Gasteiger partial charge on any atom is -0.346 e. The van der Waals surface area contributed by atoms with Gasteiger partial charge in [0.15, 0.2) is 0 Å². The van der Waals surface area contributed by atoms with E-state index in [1.54, 1.807) is 6.20 Å². The molecule has 3 heterocycles. The lowest BCUT2D eigenvalue weighted by atomic mass is 10.0. The van der Waals surface area contributed by atoms with Crippen LogP contribution in [0.1, 0.15) is 34.5 Å². The number of rotatable bonds is 6. The number of hydrogen-bond acceptors (Lipinski definition) is 4. The first-order valence-electron chi connectivity index (χ1n) is 11.5. The molecule has 34 heavy (non-hydrogen) atoms. The second-order valence-corrected chi connectivity index (χ2v) is 8.82. The van der Waals surface area contributed by atoms with Crippen molar-refractivity contribution in [3.05, 3.63) is 95.3 Å². The minimum absolute atomic E-state index is 0. The number of H-pyrrole nitrogens is 1. The highest BCUT2D eigenvalue weighted by Crippen LogP contribution is 2.21. The van der Waals surface area contributed by atoms with Crippen molar-refractivity contribution in [2.24, 2.45) is 0 Å². The van der Waals surface area contributed by atoms with Gasteiger partial charge in [-0.3, -0.25) is 9.69 Å². The molecule has 2 N–H and O–H groups in total. The highest BCUT2D eigenvalue weighted by Gasteiger charge is 2.14. The van der Waals surface area contributed by atoms with Gasteiger partial charge < -0.3 is 15.2 Å². The average Bonchev–Trinajstić information content (AvgIpc) is 3.25. The van der Waals surface area contributed by atoms with Gasteiger partial charge in [-0.05, 0) is 66.6 Å². The van der Waals surface area contributed by atoms with Gasteiger partial charge in [-0.25, -0.2) is 4.98 Å². The van der Waals surface area contributed by atoms with Gasteiger partial charge in [-0.2, -0.15) is 0 Å². The van der Waals surface area contributed by atoms with Crippen molar-refractivity contribution in [1.29, 1.82) is 0 Å². The standard InChI is InChI=1S/C27H29N5O.CH4/c1-31-13-15-32(16-14-31)19-21-4-8-22(9-5-21)27(33)30-24-10-6-20(7-11-24)17-23-18-29-26-25(23)3-2-12-28-26;/h2-12,18H,13-17,19H2,1H3,(H,28,29)(H,30,33);1H4. The third kappa shape index (κ3) is 5.53. The minimum atomic E-state index is -0.0865. The number of piperazine rings is 1. The molecule has 6 nitrogen and oxygen atoms in total. The molecule has 0 unspecified atom stereocenters.